The first-order valence-electron chi connectivity index (χ1n) is 9.02. The molecule has 0 radical (unpaired) electrons. The molecule has 1 amide bonds. The van der Waals surface area contributed by atoms with Crippen LogP contribution < -0.4 is 14.4 Å². The molecule has 0 atom stereocenters. The maximum Gasteiger partial charge on any atom is 0.231 e. The van der Waals surface area contributed by atoms with Crippen molar-refractivity contribution < 1.29 is 14.3 Å². The maximum absolute atomic E-state index is 12.9. The van der Waals surface area contributed by atoms with Gasteiger partial charge in [0.1, 0.15) is 13.2 Å². The number of fused-ring (bicyclic) bond motifs is 1. The lowest BCUT2D eigenvalue weighted by Crippen LogP contribution is -2.28. The van der Waals surface area contributed by atoms with E-state index in [9.17, 15) is 4.79 Å². The Bertz CT molecular complexity index is 953. The van der Waals surface area contributed by atoms with Crippen LogP contribution in [-0.4, -0.2) is 26.2 Å². The molecule has 0 spiro atoms. The molecule has 3 aromatic rings. The fourth-order valence-corrected chi connectivity index (χ4v) is 3.25. The predicted octanol–water partition coefficient (Wildman–Crippen LogP) is 4.33. The van der Waals surface area contributed by atoms with Crippen molar-refractivity contribution in [1.29, 1.82) is 0 Å². The molecule has 0 fully saturated rings. The van der Waals surface area contributed by atoms with Gasteiger partial charge < -0.3 is 14.4 Å². The third-order valence-electron chi connectivity index (χ3n) is 4.69. The Hall–Kier alpha value is -3.27. The lowest BCUT2D eigenvalue weighted by Gasteiger charge is -2.22. The Morgan fingerprint density at radius 1 is 0.889 bits per heavy atom. The first-order valence-corrected chi connectivity index (χ1v) is 9.02. The van der Waals surface area contributed by atoms with E-state index in [1.54, 1.807) is 4.90 Å². The Morgan fingerprint density at radius 2 is 1.59 bits per heavy atom. The van der Waals surface area contributed by atoms with Gasteiger partial charge in [0.15, 0.2) is 11.5 Å². The van der Waals surface area contributed by atoms with E-state index in [0.717, 1.165) is 28.1 Å². The molecule has 0 N–H and O–H groups in total. The molecule has 0 saturated heterocycles. The van der Waals surface area contributed by atoms with Gasteiger partial charge in [0.25, 0.3) is 0 Å². The van der Waals surface area contributed by atoms with E-state index in [1.807, 2.05) is 67.7 Å². The van der Waals surface area contributed by atoms with Crippen molar-refractivity contribution in [3.63, 3.8) is 0 Å². The topological polar surface area (TPSA) is 38.8 Å². The number of benzene rings is 3. The summed E-state index contributed by atoms with van der Waals surface area (Å²) in [6.45, 7) is 1.10. The van der Waals surface area contributed by atoms with Crippen LogP contribution in [0.2, 0.25) is 0 Å². The number of carbonyl (C=O) groups is 1. The van der Waals surface area contributed by atoms with Gasteiger partial charge in [-0.3, -0.25) is 4.79 Å². The molecule has 1 heterocycles. The lowest BCUT2D eigenvalue weighted by atomic mass is 10.0. The molecule has 136 valence electrons. The first-order chi connectivity index (χ1) is 13.2. The molecule has 0 unspecified atom stereocenters. The number of ether oxygens (including phenoxy) is 2. The van der Waals surface area contributed by atoms with Crippen molar-refractivity contribution >= 4 is 11.6 Å². The van der Waals surface area contributed by atoms with Crippen LogP contribution in [0.5, 0.6) is 11.5 Å². The van der Waals surface area contributed by atoms with Crippen LogP contribution in [0.1, 0.15) is 5.56 Å². The summed E-state index contributed by atoms with van der Waals surface area (Å²) in [5, 5.41) is 0. The Balaban J connectivity index is 1.57. The summed E-state index contributed by atoms with van der Waals surface area (Å²) in [5.74, 6) is 1.47. The largest absolute Gasteiger partial charge is 0.486 e. The third-order valence-corrected chi connectivity index (χ3v) is 4.69. The van der Waals surface area contributed by atoms with Crippen LogP contribution in [-0.2, 0) is 11.2 Å². The number of likely N-dealkylation sites (N-methyl/N-ethyl adjacent to an activating group) is 1. The smallest absolute Gasteiger partial charge is 0.231 e. The molecule has 27 heavy (non-hydrogen) atoms. The van der Waals surface area contributed by atoms with E-state index in [1.165, 1.54) is 0 Å². The molecule has 1 aliphatic rings. The number of amides is 1. The highest BCUT2D eigenvalue weighted by atomic mass is 16.6. The molecule has 4 nitrogen and oxygen atoms in total. The summed E-state index contributed by atoms with van der Waals surface area (Å²) < 4.78 is 11.2. The number of hydrogen-bond donors (Lipinski definition) is 0. The summed E-state index contributed by atoms with van der Waals surface area (Å²) in [4.78, 5) is 14.6. The summed E-state index contributed by atoms with van der Waals surface area (Å²) in [5.41, 5.74) is 3.93. The van der Waals surface area contributed by atoms with E-state index in [4.69, 9.17) is 9.47 Å². The molecular formula is C23H21NO3. The van der Waals surface area contributed by atoms with Crippen LogP contribution in [0.3, 0.4) is 0 Å². The van der Waals surface area contributed by atoms with Crippen LogP contribution in [0.15, 0.2) is 72.8 Å². The number of anilines is 1. The predicted molar refractivity (Wildman–Crippen MR) is 106 cm³/mol. The minimum absolute atomic E-state index is 0.0232. The van der Waals surface area contributed by atoms with Crippen LogP contribution in [0.4, 0.5) is 5.69 Å². The molecule has 0 aliphatic carbocycles. The number of hydrogen-bond acceptors (Lipinski definition) is 3. The number of para-hydroxylation sites is 1. The van der Waals surface area contributed by atoms with Gasteiger partial charge in [0.05, 0.1) is 12.1 Å². The lowest BCUT2D eigenvalue weighted by molar-refractivity contribution is -0.117. The summed E-state index contributed by atoms with van der Waals surface area (Å²) in [7, 11) is 1.82. The zero-order valence-electron chi connectivity index (χ0n) is 15.2. The monoisotopic (exact) mass is 359 g/mol. The van der Waals surface area contributed by atoms with Crippen molar-refractivity contribution in [1.82, 2.24) is 0 Å². The van der Waals surface area contributed by atoms with Gasteiger partial charge in [-0.2, -0.15) is 0 Å². The average molecular weight is 359 g/mol. The van der Waals surface area contributed by atoms with E-state index in [0.29, 0.717) is 25.4 Å². The zero-order valence-corrected chi connectivity index (χ0v) is 15.2. The van der Waals surface area contributed by atoms with Gasteiger partial charge in [0.2, 0.25) is 5.91 Å². The van der Waals surface area contributed by atoms with Gasteiger partial charge in [-0.15, -0.1) is 0 Å². The van der Waals surface area contributed by atoms with E-state index in [2.05, 4.69) is 12.1 Å². The Kier molecular flexibility index (Phi) is 4.79. The second-order valence-corrected chi connectivity index (χ2v) is 6.49. The SMILES string of the molecule is CN(C(=O)Cc1ccc2c(c1)OCCO2)c1ccccc1-c1ccccc1. The van der Waals surface area contributed by atoms with Gasteiger partial charge in [-0.05, 0) is 29.3 Å². The summed E-state index contributed by atoms with van der Waals surface area (Å²) in [6.07, 6.45) is 0.302. The van der Waals surface area contributed by atoms with Crippen LogP contribution in [0, 0.1) is 0 Å². The minimum atomic E-state index is 0.0232. The highest BCUT2D eigenvalue weighted by Crippen LogP contribution is 2.32. The maximum atomic E-state index is 12.9. The summed E-state index contributed by atoms with van der Waals surface area (Å²) >= 11 is 0. The third kappa shape index (κ3) is 3.65. The van der Waals surface area contributed by atoms with Crippen molar-refractivity contribution in [3.05, 3.63) is 78.4 Å². The Morgan fingerprint density at radius 3 is 2.41 bits per heavy atom. The second kappa shape index (κ2) is 7.54. The first kappa shape index (κ1) is 17.2. The van der Waals surface area contributed by atoms with Gasteiger partial charge in [-0.1, -0.05) is 54.6 Å². The molecule has 0 saturated carbocycles. The van der Waals surface area contributed by atoms with Crippen molar-refractivity contribution in [2.24, 2.45) is 0 Å². The molecule has 4 heteroatoms. The van der Waals surface area contributed by atoms with Crippen LogP contribution in [0.25, 0.3) is 11.1 Å². The van der Waals surface area contributed by atoms with Gasteiger partial charge >= 0.3 is 0 Å². The molecular weight excluding hydrogens is 338 g/mol. The minimum Gasteiger partial charge on any atom is -0.486 e. The highest BCUT2D eigenvalue weighted by molar-refractivity contribution is 5.98. The van der Waals surface area contributed by atoms with Crippen LogP contribution >= 0.6 is 0 Å². The van der Waals surface area contributed by atoms with E-state index >= 15 is 0 Å². The van der Waals surface area contributed by atoms with Crippen molar-refractivity contribution in [3.8, 4) is 22.6 Å². The second-order valence-electron chi connectivity index (χ2n) is 6.49. The molecule has 0 aromatic heterocycles. The van der Waals surface area contributed by atoms with Crippen molar-refractivity contribution in [2.45, 2.75) is 6.42 Å². The average Bonchev–Trinajstić information content (AvgIpc) is 2.73. The van der Waals surface area contributed by atoms with E-state index < -0.39 is 0 Å². The van der Waals surface area contributed by atoms with E-state index in [-0.39, 0.29) is 5.91 Å². The van der Waals surface area contributed by atoms with Gasteiger partial charge in [0, 0.05) is 12.6 Å². The standard InChI is InChI=1S/C23H21NO3/c1-24(20-10-6-5-9-19(20)18-7-3-2-4-8-18)23(25)16-17-11-12-21-22(15-17)27-14-13-26-21/h2-12,15H,13-14,16H2,1H3. The molecule has 1 aliphatic heterocycles. The quantitative estimate of drug-likeness (QED) is 0.696. The zero-order chi connectivity index (χ0) is 18.6. The molecule has 4 rings (SSSR count). The number of nitrogens with zero attached hydrogens (tertiary/aromatic N) is 1. The molecule has 0 bridgehead atoms. The summed E-state index contributed by atoms with van der Waals surface area (Å²) in [6, 6.07) is 23.7. The fraction of sp³-hybridized carbons (Fsp3) is 0.174. The molecule has 3 aromatic carbocycles. The normalized spacial score (nSPS) is 12.5. The Labute approximate surface area is 159 Å². The van der Waals surface area contributed by atoms with Gasteiger partial charge in [-0.25, -0.2) is 0 Å². The number of rotatable bonds is 4. The van der Waals surface area contributed by atoms with Crippen molar-refractivity contribution in [2.75, 3.05) is 25.2 Å². The highest BCUT2D eigenvalue weighted by Gasteiger charge is 2.18. The fourth-order valence-electron chi connectivity index (χ4n) is 3.25. The number of carbonyl (C=O) groups excluding carboxylic acids is 1.